The molecule has 0 spiro atoms. The van der Waals surface area contributed by atoms with Crippen LogP contribution in [0.1, 0.15) is 22.8 Å². The zero-order valence-corrected chi connectivity index (χ0v) is 10.3. The van der Waals surface area contributed by atoms with Crippen LogP contribution < -0.4 is 10.6 Å². The van der Waals surface area contributed by atoms with Crippen LogP contribution in [0.5, 0.6) is 0 Å². The Kier molecular flexibility index (Phi) is 3.96. The Bertz CT molecular complexity index is 430. The number of nitrogens with zero attached hydrogens (tertiary/aromatic N) is 1. The van der Waals surface area contributed by atoms with E-state index in [0.717, 1.165) is 11.3 Å². The smallest absolute Gasteiger partial charge is 0.337 e. The van der Waals surface area contributed by atoms with E-state index in [4.69, 9.17) is 10.8 Å². The molecule has 0 aromatic heterocycles. The van der Waals surface area contributed by atoms with Crippen molar-refractivity contribution < 1.29 is 15.0 Å². The first kappa shape index (κ1) is 13.3. The van der Waals surface area contributed by atoms with Gasteiger partial charge in [-0.15, -0.1) is 0 Å². The molecule has 0 radical (unpaired) electrons. The number of benzene rings is 1. The van der Waals surface area contributed by atoms with Crippen LogP contribution >= 0.6 is 0 Å². The standard InChI is InChI=1S/C12H18N2O3/c1-7-4-9(14(3)6-8(2)15)5-10(11(7)13)12(16)17/h4-5,8,15H,6,13H2,1-3H3,(H,16,17). The fourth-order valence-corrected chi connectivity index (χ4v) is 1.68. The highest BCUT2D eigenvalue weighted by Gasteiger charge is 2.14. The van der Waals surface area contributed by atoms with E-state index in [1.807, 2.05) is 6.07 Å². The zero-order chi connectivity index (χ0) is 13.2. The minimum atomic E-state index is -1.04. The first-order chi connectivity index (χ1) is 7.82. The Morgan fingerprint density at radius 3 is 2.59 bits per heavy atom. The number of aliphatic hydroxyl groups is 1. The van der Waals surface area contributed by atoms with Crippen LogP contribution in [-0.2, 0) is 0 Å². The lowest BCUT2D eigenvalue weighted by molar-refractivity contribution is 0.0698. The average Bonchev–Trinajstić information content (AvgIpc) is 2.20. The highest BCUT2D eigenvalue weighted by molar-refractivity contribution is 5.95. The number of aryl methyl sites for hydroxylation is 1. The quantitative estimate of drug-likeness (QED) is 0.683. The number of likely N-dealkylation sites (N-methyl/N-ethyl adjacent to an activating group) is 1. The Morgan fingerprint density at radius 1 is 1.53 bits per heavy atom. The van der Waals surface area contributed by atoms with Gasteiger partial charge in [-0.25, -0.2) is 4.79 Å². The van der Waals surface area contributed by atoms with E-state index in [1.54, 1.807) is 25.8 Å². The molecule has 0 saturated heterocycles. The maximum Gasteiger partial charge on any atom is 0.337 e. The Labute approximate surface area is 100 Å². The van der Waals surface area contributed by atoms with Gasteiger partial charge in [-0.05, 0) is 31.5 Å². The van der Waals surface area contributed by atoms with E-state index in [1.165, 1.54) is 6.07 Å². The maximum absolute atomic E-state index is 11.0. The van der Waals surface area contributed by atoms with Gasteiger partial charge < -0.3 is 20.8 Å². The fourth-order valence-electron chi connectivity index (χ4n) is 1.68. The van der Waals surface area contributed by atoms with E-state index in [0.29, 0.717) is 6.54 Å². The molecule has 5 heteroatoms. The number of rotatable bonds is 4. The highest BCUT2D eigenvalue weighted by Crippen LogP contribution is 2.25. The van der Waals surface area contributed by atoms with E-state index >= 15 is 0 Å². The molecule has 0 saturated carbocycles. The third-order valence-corrected chi connectivity index (χ3v) is 2.58. The molecular formula is C12H18N2O3. The number of nitrogen functional groups attached to an aromatic ring is 1. The first-order valence-electron chi connectivity index (χ1n) is 5.35. The lowest BCUT2D eigenvalue weighted by atomic mass is 10.1. The summed E-state index contributed by atoms with van der Waals surface area (Å²) in [7, 11) is 1.79. The monoisotopic (exact) mass is 238 g/mol. The SMILES string of the molecule is Cc1cc(N(C)CC(C)O)cc(C(=O)O)c1N. The summed E-state index contributed by atoms with van der Waals surface area (Å²) >= 11 is 0. The molecular weight excluding hydrogens is 220 g/mol. The summed E-state index contributed by atoms with van der Waals surface area (Å²) in [5.41, 5.74) is 7.54. The fraction of sp³-hybridized carbons (Fsp3) is 0.417. The normalized spacial score (nSPS) is 12.2. The summed E-state index contributed by atoms with van der Waals surface area (Å²) < 4.78 is 0. The van der Waals surface area contributed by atoms with Gasteiger partial charge in [0.15, 0.2) is 0 Å². The first-order valence-corrected chi connectivity index (χ1v) is 5.35. The lowest BCUT2D eigenvalue weighted by Crippen LogP contribution is -2.27. The van der Waals surface area contributed by atoms with Gasteiger partial charge in [0.05, 0.1) is 11.7 Å². The highest BCUT2D eigenvalue weighted by atomic mass is 16.4. The number of carbonyl (C=O) groups is 1. The van der Waals surface area contributed by atoms with Gasteiger partial charge in [0.1, 0.15) is 0 Å². The molecule has 0 amide bonds. The number of hydrogen-bond acceptors (Lipinski definition) is 4. The molecule has 0 bridgehead atoms. The van der Waals surface area contributed by atoms with Crippen molar-refractivity contribution in [2.24, 2.45) is 0 Å². The predicted octanol–water partition coefficient (Wildman–Crippen LogP) is 1.09. The molecule has 5 nitrogen and oxygen atoms in total. The molecule has 1 aromatic carbocycles. The van der Waals surface area contributed by atoms with Crippen LogP contribution in [0.4, 0.5) is 11.4 Å². The molecule has 1 unspecified atom stereocenters. The van der Waals surface area contributed by atoms with Crippen molar-refractivity contribution in [1.29, 1.82) is 0 Å². The molecule has 17 heavy (non-hydrogen) atoms. The maximum atomic E-state index is 11.0. The Hall–Kier alpha value is -1.75. The zero-order valence-electron chi connectivity index (χ0n) is 10.3. The van der Waals surface area contributed by atoms with Gasteiger partial charge in [-0.3, -0.25) is 0 Å². The van der Waals surface area contributed by atoms with Crippen LogP contribution in [0.25, 0.3) is 0 Å². The molecule has 0 fully saturated rings. The lowest BCUT2D eigenvalue weighted by Gasteiger charge is -2.22. The third kappa shape index (κ3) is 3.10. The van der Waals surface area contributed by atoms with E-state index < -0.39 is 12.1 Å². The predicted molar refractivity (Wildman–Crippen MR) is 67.5 cm³/mol. The molecule has 0 aliphatic carbocycles. The van der Waals surface area contributed by atoms with Crippen molar-refractivity contribution in [1.82, 2.24) is 0 Å². The van der Waals surface area contributed by atoms with Crippen LogP contribution in [0, 0.1) is 6.92 Å². The average molecular weight is 238 g/mol. The van der Waals surface area contributed by atoms with Crippen molar-refractivity contribution in [3.05, 3.63) is 23.3 Å². The summed E-state index contributed by atoms with van der Waals surface area (Å²) in [6, 6.07) is 3.33. The number of hydrogen-bond donors (Lipinski definition) is 3. The van der Waals surface area contributed by atoms with E-state index in [9.17, 15) is 9.90 Å². The van der Waals surface area contributed by atoms with E-state index in [-0.39, 0.29) is 11.3 Å². The number of aromatic carboxylic acids is 1. The minimum Gasteiger partial charge on any atom is -0.478 e. The van der Waals surface area contributed by atoms with Crippen LogP contribution in [-0.4, -0.2) is 35.9 Å². The second kappa shape index (κ2) is 5.05. The molecule has 0 heterocycles. The van der Waals surface area contributed by atoms with E-state index in [2.05, 4.69) is 0 Å². The van der Waals surface area contributed by atoms with Crippen molar-refractivity contribution in [3.63, 3.8) is 0 Å². The summed E-state index contributed by atoms with van der Waals surface area (Å²) in [4.78, 5) is 12.8. The number of carboxylic acid groups (broad SMARTS) is 1. The topological polar surface area (TPSA) is 86.8 Å². The minimum absolute atomic E-state index is 0.0949. The van der Waals surface area contributed by atoms with Crippen LogP contribution in [0.2, 0.25) is 0 Å². The molecule has 1 rings (SSSR count). The molecule has 4 N–H and O–H groups in total. The van der Waals surface area contributed by atoms with Crippen molar-refractivity contribution >= 4 is 17.3 Å². The molecule has 0 aliphatic heterocycles. The number of aliphatic hydroxyl groups excluding tert-OH is 1. The van der Waals surface area contributed by atoms with Crippen molar-refractivity contribution in [3.8, 4) is 0 Å². The summed E-state index contributed by atoms with van der Waals surface area (Å²) in [5, 5.41) is 18.3. The second-order valence-corrected chi connectivity index (χ2v) is 4.26. The number of anilines is 2. The summed E-state index contributed by atoms with van der Waals surface area (Å²) in [6.07, 6.45) is -0.480. The summed E-state index contributed by atoms with van der Waals surface area (Å²) in [5.74, 6) is -1.04. The van der Waals surface area contributed by atoms with Gasteiger partial charge >= 0.3 is 5.97 Å². The van der Waals surface area contributed by atoms with Crippen molar-refractivity contribution in [2.45, 2.75) is 20.0 Å². The molecule has 94 valence electrons. The molecule has 1 atom stereocenters. The van der Waals surface area contributed by atoms with Gasteiger partial charge in [-0.1, -0.05) is 0 Å². The second-order valence-electron chi connectivity index (χ2n) is 4.26. The largest absolute Gasteiger partial charge is 0.478 e. The molecule has 1 aromatic rings. The van der Waals surface area contributed by atoms with Crippen LogP contribution in [0.15, 0.2) is 12.1 Å². The van der Waals surface area contributed by atoms with Gasteiger partial charge in [0.2, 0.25) is 0 Å². The third-order valence-electron chi connectivity index (χ3n) is 2.58. The molecule has 0 aliphatic rings. The van der Waals surface area contributed by atoms with Gasteiger partial charge in [-0.2, -0.15) is 0 Å². The Morgan fingerprint density at radius 2 is 2.12 bits per heavy atom. The van der Waals surface area contributed by atoms with Crippen LogP contribution in [0.3, 0.4) is 0 Å². The Balaban J connectivity index is 3.14. The van der Waals surface area contributed by atoms with Gasteiger partial charge in [0, 0.05) is 25.0 Å². The number of carboxylic acids is 1. The van der Waals surface area contributed by atoms with Crippen molar-refractivity contribution in [2.75, 3.05) is 24.2 Å². The number of nitrogens with two attached hydrogens (primary N) is 1. The summed E-state index contributed by atoms with van der Waals surface area (Å²) in [6.45, 7) is 3.88. The van der Waals surface area contributed by atoms with Gasteiger partial charge in [0.25, 0.3) is 0 Å².